The number of benzene rings is 1. The number of anilines is 1. The van der Waals surface area contributed by atoms with E-state index < -0.39 is 10.0 Å². The molecule has 0 radical (unpaired) electrons. The average Bonchev–Trinajstić information content (AvgIpc) is 2.83. The van der Waals surface area contributed by atoms with Gasteiger partial charge in [-0.05, 0) is 55.9 Å². The summed E-state index contributed by atoms with van der Waals surface area (Å²) in [7, 11) is -3.57. The van der Waals surface area contributed by atoms with Gasteiger partial charge in [-0.1, -0.05) is 6.07 Å². The maximum atomic E-state index is 12.3. The van der Waals surface area contributed by atoms with E-state index in [0.717, 1.165) is 30.5 Å². The van der Waals surface area contributed by atoms with Gasteiger partial charge in [-0.2, -0.15) is 5.10 Å². The Hall–Kier alpha value is -1.82. The monoisotopic (exact) mass is 291 g/mol. The highest BCUT2D eigenvalue weighted by atomic mass is 32.2. The third-order valence-electron chi connectivity index (χ3n) is 3.58. The van der Waals surface area contributed by atoms with Crippen molar-refractivity contribution in [3.8, 4) is 0 Å². The SMILES string of the molecule is Cc1cc(NS(=O)(=O)c2ccc3c(c2)CCCC3)n[nH]1. The van der Waals surface area contributed by atoms with E-state index in [0.29, 0.717) is 10.7 Å². The lowest BCUT2D eigenvalue weighted by Gasteiger charge is -2.16. The van der Waals surface area contributed by atoms with Crippen LogP contribution in [0.4, 0.5) is 5.82 Å². The summed E-state index contributed by atoms with van der Waals surface area (Å²) >= 11 is 0. The molecular weight excluding hydrogens is 274 g/mol. The lowest BCUT2D eigenvalue weighted by atomic mass is 9.92. The Kier molecular flexibility index (Phi) is 3.25. The minimum Gasteiger partial charge on any atom is -0.281 e. The topological polar surface area (TPSA) is 74.8 Å². The fourth-order valence-corrected chi connectivity index (χ4v) is 3.59. The molecule has 0 bridgehead atoms. The Morgan fingerprint density at radius 2 is 1.90 bits per heavy atom. The van der Waals surface area contributed by atoms with Crippen LogP contribution >= 0.6 is 0 Å². The van der Waals surface area contributed by atoms with E-state index in [9.17, 15) is 8.42 Å². The quantitative estimate of drug-likeness (QED) is 0.911. The molecule has 0 atom stereocenters. The number of nitrogens with zero attached hydrogens (tertiary/aromatic N) is 1. The van der Waals surface area contributed by atoms with Gasteiger partial charge in [0.15, 0.2) is 5.82 Å². The molecule has 1 aromatic heterocycles. The van der Waals surface area contributed by atoms with Crippen molar-refractivity contribution < 1.29 is 8.42 Å². The number of aromatic nitrogens is 2. The van der Waals surface area contributed by atoms with E-state index in [1.54, 1.807) is 18.2 Å². The first-order chi connectivity index (χ1) is 9.54. The standard InChI is InChI=1S/C14H17N3O2S/c1-10-8-14(16-15-10)17-20(18,19)13-7-6-11-4-2-3-5-12(11)9-13/h6-9H,2-5H2,1H3,(H2,15,16,17). The molecule has 1 aromatic carbocycles. The largest absolute Gasteiger partial charge is 0.281 e. The van der Waals surface area contributed by atoms with Crippen molar-refractivity contribution in [2.45, 2.75) is 37.5 Å². The maximum Gasteiger partial charge on any atom is 0.263 e. The summed E-state index contributed by atoms with van der Waals surface area (Å²) in [5, 5.41) is 6.61. The maximum absolute atomic E-state index is 12.3. The van der Waals surface area contributed by atoms with Gasteiger partial charge >= 0.3 is 0 Å². The van der Waals surface area contributed by atoms with Crippen LogP contribution in [0.2, 0.25) is 0 Å². The van der Waals surface area contributed by atoms with Crippen LogP contribution < -0.4 is 4.72 Å². The Morgan fingerprint density at radius 1 is 1.15 bits per heavy atom. The van der Waals surface area contributed by atoms with Crippen molar-refractivity contribution >= 4 is 15.8 Å². The van der Waals surface area contributed by atoms with Crippen LogP contribution in [0.1, 0.15) is 29.7 Å². The number of aryl methyl sites for hydroxylation is 3. The van der Waals surface area contributed by atoms with Crippen molar-refractivity contribution in [1.82, 2.24) is 10.2 Å². The molecule has 0 amide bonds. The van der Waals surface area contributed by atoms with Gasteiger partial charge in [0.2, 0.25) is 0 Å². The molecule has 0 unspecified atom stereocenters. The lowest BCUT2D eigenvalue weighted by molar-refractivity contribution is 0.600. The predicted molar refractivity (Wildman–Crippen MR) is 77.2 cm³/mol. The van der Waals surface area contributed by atoms with Crippen molar-refractivity contribution in [3.63, 3.8) is 0 Å². The number of hydrogen-bond acceptors (Lipinski definition) is 3. The first-order valence-electron chi connectivity index (χ1n) is 6.71. The second-order valence-electron chi connectivity index (χ2n) is 5.18. The molecule has 20 heavy (non-hydrogen) atoms. The van der Waals surface area contributed by atoms with E-state index >= 15 is 0 Å². The van der Waals surface area contributed by atoms with E-state index in [1.165, 1.54) is 12.0 Å². The molecule has 0 spiro atoms. The molecule has 106 valence electrons. The highest BCUT2D eigenvalue weighted by Crippen LogP contribution is 2.25. The number of sulfonamides is 1. The van der Waals surface area contributed by atoms with Crippen molar-refractivity contribution in [2.24, 2.45) is 0 Å². The molecule has 1 aliphatic rings. The Morgan fingerprint density at radius 3 is 2.60 bits per heavy atom. The van der Waals surface area contributed by atoms with Gasteiger partial charge in [0.05, 0.1) is 4.90 Å². The molecule has 1 heterocycles. The molecule has 2 aromatic rings. The zero-order chi connectivity index (χ0) is 14.2. The number of aromatic amines is 1. The first-order valence-corrected chi connectivity index (χ1v) is 8.19. The van der Waals surface area contributed by atoms with Gasteiger partial charge in [0, 0.05) is 11.8 Å². The van der Waals surface area contributed by atoms with Crippen molar-refractivity contribution in [3.05, 3.63) is 41.1 Å². The van der Waals surface area contributed by atoms with Crippen molar-refractivity contribution in [1.29, 1.82) is 0 Å². The minimum absolute atomic E-state index is 0.304. The molecule has 3 rings (SSSR count). The van der Waals surface area contributed by atoms with Gasteiger partial charge in [-0.3, -0.25) is 9.82 Å². The lowest BCUT2D eigenvalue weighted by Crippen LogP contribution is -2.14. The van der Waals surface area contributed by atoms with Crippen LogP contribution in [-0.2, 0) is 22.9 Å². The third kappa shape index (κ3) is 2.56. The van der Waals surface area contributed by atoms with Crippen LogP contribution in [0.25, 0.3) is 0 Å². The number of nitrogens with one attached hydrogen (secondary N) is 2. The first kappa shape index (κ1) is 13.2. The third-order valence-corrected chi connectivity index (χ3v) is 4.93. The summed E-state index contributed by atoms with van der Waals surface area (Å²) < 4.78 is 27.2. The summed E-state index contributed by atoms with van der Waals surface area (Å²) in [6, 6.07) is 7.05. The Bertz CT molecular complexity index is 735. The normalized spacial score (nSPS) is 14.8. The number of fused-ring (bicyclic) bond motifs is 1. The highest BCUT2D eigenvalue weighted by Gasteiger charge is 2.18. The van der Waals surface area contributed by atoms with Gasteiger partial charge in [-0.25, -0.2) is 8.42 Å². The smallest absolute Gasteiger partial charge is 0.263 e. The van der Waals surface area contributed by atoms with Gasteiger partial charge in [-0.15, -0.1) is 0 Å². The second kappa shape index (κ2) is 4.94. The van der Waals surface area contributed by atoms with Crippen molar-refractivity contribution in [2.75, 3.05) is 4.72 Å². The average molecular weight is 291 g/mol. The Balaban J connectivity index is 1.91. The molecular formula is C14H17N3O2S. The number of H-pyrrole nitrogens is 1. The fourth-order valence-electron chi connectivity index (χ4n) is 2.54. The Labute approximate surface area is 118 Å². The molecule has 5 nitrogen and oxygen atoms in total. The summed E-state index contributed by atoms with van der Waals surface area (Å²) in [5.41, 5.74) is 3.23. The summed E-state index contributed by atoms with van der Waals surface area (Å²) in [4.78, 5) is 0.304. The molecule has 6 heteroatoms. The van der Waals surface area contributed by atoms with Crippen LogP contribution in [0.3, 0.4) is 0 Å². The molecule has 1 aliphatic carbocycles. The van der Waals surface area contributed by atoms with Gasteiger partial charge in [0.25, 0.3) is 10.0 Å². The molecule has 2 N–H and O–H groups in total. The molecule has 0 fully saturated rings. The number of hydrogen-bond donors (Lipinski definition) is 2. The van der Waals surface area contributed by atoms with Crippen LogP contribution in [0.15, 0.2) is 29.2 Å². The molecule has 0 saturated heterocycles. The number of rotatable bonds is 3. The van der Waals surface area contributed by atoms with Crippen LogP contribution in [-0.4, -0.2) is 18.6 Å². The van der Waals surface area contributed by atoms with E-state index in [2.05, 4.69) is 14.9 Å². The summed E-state index contributed by atoms with van der Waals surface area (Å²) in [6.07, 6.45) is 4.31. The summed E-state index contributed by atoms with van der Waals surface area (Å²) in [5.74, 6) is 0.320. The van der Waals surface area contributed by atoms with Crippen LogP contribution in [0, 0.1) is 6.92 Å². The van der Waals surface area contributed by atoms with Gasteiger partial charge < -0.3 is 0 Å². The zero-order valence-corrected chi connectivity index (χ0v) is 12.1. The highest BCUT2D eigenvalue weighted by molar-refractivity contribution is 7.92. The van der Waals surface area contributed by atoms with E-state index in [4.69, 9.17) is 0 Å². The van der Waals surface area contributed by atoms with Gasteiger partial charge in [0.1, 0.15) is 0 Å². The summed E-state index contributed by atoms with van der Waals surface area (Å²) in [6.45, 7) is 1.82. The second-order valence-corrected chi connectivity index (χ2v) is 6.86. The zero-order valence-electron chi connectivity index (χ0n) is 11.3. The predicted octanol–water partition coefficient (Wildman–Crippen LogP) is 2.40. The van der Waals surface area contributed by atoms with Crippen LogP contribution in [0.5, 0.6) is 0 Å². The van der Waals surface area contributed by atoms with E-state index in [-0.39, 0.29) is 0 Å². The molecule has 0 aliphatic heterocycles. The minimum atomic E-state index is -3.57. The fraction of sp³-hybridized carbons (Fsp3) is 0.357. The van der Waals surface area contributed by atoms with E-state index in [1.807, 2.05) is 13.0 Å². The molecule has 0 saturated carbocycles.